The van der Waals surface area contributed by atoms with Gasteiger partial charge in [0.05, 0.1) is 11.0 Å². The van der Waals surface area contributed by atoms with Gasteiger partial charge in [-0.3, -0.25) is 0 Å². The molecule has 1 saturated carbocycles. The Labute approximate surface area is 121 Å². The lowest BCUT2D eigenvalue weighted by atomic mass is 10.0. The number of rotatable bonds is 4. The maximum absolute atomic E-state index is 12.4. The topological polar surface area (TPSA) is 60.2 Å². The van der Waals surface area contributed by atoms with Crippen molar-refractivity contribution < 1.29 is 8.42 Å². The fourth-order valence-electron chi connectivity index (χ4n) is 2.76. The van der Waals surface area contributed by atoms with Crippen LogP contribution in [0, 0.1) is 12.0 Å². The van der Waals surface area contributed by atoms with E-state index in [-0.39, 0.29) is 11.0 Å². The minimum absolute atomic E-state index is 0.140. The highest BCUT2D eigenvalue weighted by Crippen LogP contribution is 2.26. The molecule has 2 N–H and O–H groups in total. The van der Waals surface area contributed by atoms with Gasteiger partial charge >= 0.3 is 0 Å². The molecule has 1 aromatic carbocycles. The van der Waals surface area contributed by atoms with Crippen LogP contribution in [-0.2, 0) is 22.0 Å². The van der Waals surface area contributed by atoms with Crippen molar-refractivity contribution >= 4 is 9.84 Å². The van der Waals surface area contributed by atoms with Gasteiger partial charge < -0.3 is 5.73 Å². The highest BCUT2D eigenvalue weighted by atomic mass is 32.2. The van der Waals surface area contributed by atoms with Gasteiger partial charge in [0, 0.05) is 12.5 Å². The van der Waals surface area contributed by atoms with Crippen LogP contribution in [0.15, 0.2) is 24.3 Å². The molecule has 0 spiro atoms. The standard InChI is InChI=1S/C16H21NO2S/c17-11-5-8-14-6-4-7-15(12-14)13-20(18,19)16-9-2-1-3-10-16/h4,6-7,12,16H,1-3,8-10,13,17H2. The predicted molar refractivity (Wildman–Crippen MR) is 81.6 cm³/mol. The maximum Gasteiger partial charge on any atom is 0.157 e. The first-order chi connectivity index (χ1) is 9.62. The van der Waals surface area contributed by atoms with Gasteiger partial charge in [-0.25, -0.2) is 8.42 Å². The molecule has 0 radical (unpaired) electrons. The van der Waals surface area contributed by atoms with E-state index in [9.17, 15) is 8.42 Å². The van der Waals surface area contributed by atoms with Crippen LogP contribution < -0.4 is 5.73 Å². The summed E-state index contributed by atoms with van der Waals surface area (Å²) in [4.78, 5) is 0. The fourth-order valence-corrected chi connectivity index (χ4v) is 4.69. The van der Waals surface area contributed by atoms with E-state index < -0.39 is 9.84 Å². The third kappa shape index (κ3) is 4.01. The van der Waals surface area contributed by atoms with Crippen molar-refractivity contribution in [2.45, 2.75) is 49.5 Å². The lowest BCUT2D eigenvalue weighted by Crippen LogP contribution is -2.25. The van der Waals surface area contributed by atoms with Crippen molar-refractivity contribution in [2.75, 3.05) is 0 Å². The summed E-state index contributed by atoms with van der Waals surface area (Å²) in [6.45, 7) is 0. The number of nitrogens with two attached hydrogens (primary N) is 1. The minimum atomic E-state index is -3.03. The van der Waals surface area contributed by atoms with Gasteiger partial charge in [0.1, 0.15) is 0 Å². The molecule has 0 saturated heterocycles. The Bertz CT molecular complexity index is 605. The third-order valence-electron chi connectivity index (χ3n) is 3.81. The Kier molecular flexibility index (Phi) is 5.08. The van der Waals surface area contributed by atoms with Crippen LogP contribution >= 0.6 is 0 Å². The Morgan fingerprint density at radius 3 is 2.55 bits per heavy atom. The molecule has 1 aliphatic rings. The summed E-state index contributed by atoms with van der Waals surface area (Å²) in [6, 6.07) is 10.00. The van der Waals surface area contributed by atoms with E-state index in [1.165, 1.54) is 6.42 Å². The van der Waals surface area contributed by atoms with E-state index in [0.29, 0.717) is 6.42 Å². The zero-order valence-corrected chi connectivity index (χ0v) is 12.5. The molecule has 3 nitrogen and oxygen atoms in total. The molecule has 0 amide bonds. The van der Waals surface area contributed by atoms with Gasteiger partial charge in [-0.05, 0) is 24.0 Å². The van der Waals surface area contributed by atoms with E-state index in [0.717, 1.165) is 36.8 Å². The molecule has 0 bridgehead atoms. The Hall–Kier alpha value is -1.47. The molecule has 0 atom stereocenters. The molecule has 4 heteroatoms. The summed E-state index contributed by atoms with van der Waals surface area (Å²) < 4.78 is 24.9. The second-order valence-electron chi connectivity index (χ2n) is 5.39. The van der Waals surface area contributed by atoms with Crippen LogP contribution in [0.4, 0.5) is 0 Å². The molecule has 1 fully saturated rings. The molecular weight excluding hydrogens is 270 g/mol. The van der Waals surface area contributed by atoms with E-state index in [4.69, 9.17) is 5.73 Å². The Morgan fingerprint density at radius 2 is 1.85 bits per heavy atom. The minimum Gasteiger partial charge on any atom is -0.359 e. The lowest BCUT2D eigenvalue weighted by molar-refractivity contribution is 0.483. The molecule has 0 aromatic heterocycles. The number of hydrogen-bond acceptors (Lipinski definition) is 3. The van der Waals surface area contributed by atoms with Gasteiger partial charge in [0.2, 0.25) is 0 Å². The molecule has 1 aliphatic carbocycles. The molecule has 2 rings (SSSR count). The van der Waals surface area contributed by atoms with Crippen LogP contribution in [0.25, 0.3) is 0 Å². The average molecular weight is 291 g/mol. The van der Waals surface area contributed by atoms with Crippen molar-refractivity contribution in [3.63, 3.8) is 0 Å². The van der Waals surface area contributed by atoms with Gasteiger partial charge in [0.15, 0.2) is 9.84 Å². The smallest absolute Gasteiger partial charge is 0.157 e. The van der Waals surface area contributed by atoms with Crippen LogP contribution in [0.1, 0.15) is 43.2 Å². The van der Waals surface area contributed by atoms with Gasteiger partial charge in [-0.15, -0.1) is 0 Å². The van der Waals surface area contributed by atoms with Crippen molar-refractivity contribution in [1.82, 2.24) is 0 Å². The normalized spacial score (nSPS) is 16.4. The van der Waals surface area contributed by atoms with Crippen molar-refractivity contribution in [3.05, 3.63) is 35.4 Å². The van der Waals surface area contributed by atoms with E-state index >= 15 is 0 Å². The van der Waals surface area contributed by atoms with Crippen LogP contribution in [0.5, 0.6) is 0 Å². The van der Waals surface area contributed by atoms with Crippen LogP contribution in [-0.4, -0.2) is 13.7 Å². The molecule has 0 aliphatic heterocycles. The average Bonchev–Trinajstić information content (AvgIpc) is 2.46. The first-order valence-electron chi connectivity index (χ1n) is 7.09. The lowest BCUT2D eigenvalue weighted by Gasteiger charge is -2.21. The largest absolute Gasteiger partial charge is 0.359 e. The Morgan fingerprint density at radius 1 is 1.15 bits per heavy atom. The van der Waals surface area contributed by atoms with Gasteiger partial charge in [-0.1, -0.05) is 49.4 Å². The number of benzene rings is 1. The summed E-state index contributed by atoms with van der Waals surface area (Å²) in [5.41, 5.74) is 7.02. The fraction of sp³-hybridized carbons (Fsp3) is 0.500. The second kappa shape index (κ2) is 6.81. The summed E-state index contributed by atoms with van der Waals surface area (Å²) >= 11 is 0. The molecular formula is C16H21NO2S. The van der Waals surface area contributed by atoms with E-state index in [2.05, 4.69) is 12.0 Å². The number of hydrogen-bond donors (Lipinski definition) is 1. The molecule has 108 valence electrons. The highest BCUT2D eigenvalue weighted by molar-refractivity contribution is 7.91. The quantitative estimate of drug-likeness (QED) is 0.684. The summed E-state index contributed by atoms with van der Waals surface area (Å²) in [5, 5.41) is -0.149. The zero-order chi connectivity index (χ0) is 14.4. The highest BCUT2D eigenvalue weighted by Gasteiger charge is 2.27. The molecule has 0 heterocycles. The SMILES string of the molecule is NC#CCc1cccc(CS(=O)(=O)C2CCCCC2)c1. The summed E-state index contributed by atoms with van der Waals surface area (Å²) in [7, 11) is -3.03. The predicted octanol–water partition coefficient (Wildman–Crippen LogP) is 2.40. The molecule has 0 unspecified atom stereocenters. The second-order valence-corrected chi connectivity index (χ2v) is 7.67. The van der Waals surface area contributed by atoms with E-state index in [1.54, 1.807) is 0 Å². The number of sulfone groups is 1. The van der Waals surface area contributed by atoms with Crippen molar-refractivity contribution in [1.29, 1.82) is 0 Å². The monoisotopic (exact) mass is 291 g/mol. The first kappa shape index (κ1) is 14.9. The van der Waals surface area contributed by atoms with Gasteiger partial charge in [0.25, 0.3) is 0 Å². The molecule has 20 heavy (non-hydrogen) atoms. The van der Waals surface area contributed by atoms with Gasteiger partial charge in [-0.2, -0.15) is 0 Å². The third-order valence-corrected chi connectivity index (χ3v) is 6.04. The van der Waals surface area contributed by atoms with E-state index in [1.807, 2.05) is 24.3 Å². The first-order valence-corrected chi connectivity index (χ1v) is 8.81. The van der Waals surface area contributed by atoms with Crippen molar-refractivity contribution in [2.24, 2.45) is 5.73 Å². The van der Waals surface area contributed by atoms with Crippen molar-refractivity contribution in [3.8, 4) is 12.0 Å². The van der Waals surface area contributed by atoms with Crippen LogP contribution in [0.2, 0.25) is 0 Å². The molecule has 1 aromatic rings. The zero-order valence-electron chi connectivity index (χ0n) is 11.6. The Balaban J connectivity index is 2.09. The summed E-state index contributed by atoms with van der Waals surface area (Å²) in [6.07, 6.45) is 5.44. The van der Waals surface area contributed by atoms with Crippen LogP contribution in [0.3, 0.4) is 0 Å². The summed E-state index contributed by atoms with van der Waals surface area (Å²) in [5.74, 6) is 2.94. The maximum atomic E-state index is 12.4.